The molecule has 0 aromatic carbocycles. The second-order valence-electron chi connectivity index (χ2n) is 2.93. The Bertz CT molecular complexity index is 82.5. The Labute approximate surface area is 58.2 Å². The van der Waals surface area contributed by atoms with Gasteiger partial charge in [-0.25, -0.2) is 0 Å². The highest BCUT2D eigenvalue weighted by Gasteiger charge is 2.37. The third kappa shape index (κ3) is 1.23. The fraction of sp³-hybridized carbons (Fsp3) is 1.00. The summed E-state index contributed by atoms with van der Waals surface area (Å²) in [7, 11) is 0. The highest BCUT2D eigenvalue weighted by Crippen LogP contribution is 2.37. The minimum absolute atomic E-state index is 0.335. The topological polar surface area (TPSA) is 20.2 Å². The summed E-state index contributed by atoms with van der Waals surface area (Å²) >= 11 is 3.37. The lowest BCUT2D eigenvalue weighted by molar-refractivity contribution is -0.0486. The zero-order valence-corrected chi connectivity index (χ0v) is 6.61. The van der Waals surface area contributed by atoms with Crippen LogP contribution in [0.3, 0.4) is 0 Å². The first kappa shape index (κ1) is 6.56. The molecule has 8 heavy (non-hydrogen) atoms. The van der Waals surface area contributed by atoms with Crippen molar-refractivity contribution in [1.29, 1.82) is 0 Å². The number of halogens is 1. The summed E-state index contributed by atoms with van der Waals surface area (Å²) in [6.07, 6.45) is 1.94. The summed E-state index contributed by atoms with van der Waals surface area (Å²) in [6.45, 7) is 1.90. The number of rotatable bonds is 1. The molecule has 1 nitrogen and oxygen atoms in total. The molecule has 0 bridgehead atoms. The Morgan fingerprint density at radius 3 is 2.38 bits per heavy atom. The molecule has 0 spiro atoms. The van der Waals surface area contributed by atoms with Gasteiger partial charge in [-0.3, -0.25) is 0 Å². The summed E-state index contributed by atoms with van der Waals surface area (Å²) in [5.74, 6) is 0.727. The molecule has 0 amide bonds. The first-order chi connectivity index (χ1) is 3.64. The molecule has 1 rings (SSSR count). The van der Waals surface area contributed by atoms with E-state index in [9.17, 15) is 5.11 Å². The zero-order chi connectivity index (χ0) is 6.20. The molecule has 0 unspecified atom stereocenters. The lowest BCUT2D eigenvalue weighted by Crippen LogP contribution is -2.41. The first-order valence-corrected chi connectivity index (χ1v) is 4.04. The van der Waals surface area contributed by atoms with E-state index in [0.717, 1.165) is 24.1 Å². The van der Waals surface area contributed by atoms with E-state index in [0.29, 0.717) is 0 Å². The molecule has 0 saturated heterocycles. The van der Waals surface area contributed by atoms with E-state index < -0.39 is 0 Å². The largest absolute Gasteiger partial charge is 0.390 e. The van der Waals surface area contributed by atoms with E-state index in [2.05, 4.69) is 15.9 Å². The summed E-state index contributed by atoms with van der Waals surface area (Å²) in [6, 6.07) is 0. The predicted octanol–water partition coefficient (Wildman–Crippen LogP) is 1.54. The van der Waals surface area contributed by atoms with Crippen LogP contribution in [0.15, 0.2) is 0 Å². The molecule has 48 valence electrons. The van der Waals surface area contributed by atoms with Gasteiger partial charge < -0.3 is 5.11 Å². The number of hydrogen-bond acceptors (Lipinski definition) is 1. The van der Waals surface area contributed by atoms with Crippen LogP contribution >= 0.6 is 15.9 Å². The molecular formula is C6H11BrO. The molecule has 1 aliphatic rings. The molecular weight excluding hydrogens is 168 g/mol. The summed E-state index contributed by atoms with van der Waals surface area (Å²) in [4.78, 5) is 0. The van der Waals surface area contributed by atoms with Gasteiger partial charge in [-0.15, -0.1) is 0 Å². The second kappa shape index (κ2) is 1.99. The molecule has 0 atom stereocenters. The van der Waals surface area contributed by atoms with Gasteiger partial charge in [0, 0.05) is 5.33 Å². The van der Waals surface area contributed by atoms with Crippen molar-refractivity contribution in [2.45, 2.75) is 25.4 Å². The highest BCUT2D eigenvalue weighted by atomic mass is 79.9. The fourth-order valence-corrected chi connectivity index (χ4v) is 1.75. The van der Waals surface area contributed by atoms with Gasteiger partial charge in [-0.1, -0.05) is 15.9 Å². The van der Waals surface area contributed by atoms with Crippen LogP contribution in [-0.2, 0) is 0 Å². The summed E-state index contributed by atoms with van der Waals surface area (Å²) in [5, 5.41) is 10.2. The van der Waals surface area contributed by atoms with Crippen molar-refractivity contribution in [3.63, 3.8) is 0 Å². The van der Waals surface area contributed by atoms with Crippen molar-refractivity contribution in [2.75, 3.05) is 5.33 Å². The Morgan fingerprint density at radius 2 is 2.25 bits per heavy atom. The van der Waals surface area contributed by atoms with Gasteiger partial charge >= 0.3 is 0 Å². The third-order valence-electron chi connectivity index (χ3n) is 1.68. The van der Waals surface area contributed by atoms with Gasteiger partial charge in [0.05, 0.1) is 5.60 Å². The van der Waals surface area contributed by atoms with Crippen LogP contribution in [0, 0.1) is 5.92 Å². The second-order valence-corrected chi connectivity index (χ2v) is 3.57. The molecule has 1 aliphatic carbocycles. The van der Waals surface area contributed by atoms with Crippen LogP contribution in [-0.4, -0.2) is 16.0 Å². The molecule has 0 aromatic heterocycles. The maximum Gasteiger partial charge on any atom is 0.0625 e. The van der Waals surface area contributed by atoms with Crippen LogP contribution in [0.1, 0.15) is 19.8 Å². The van der Waals surface area contributed by atoms with Crippen molar-refractivity contribution in [2.24, 2.45) is 5.92 Å². The number of alkyl halides is 1. The monoisotopic (exact) mass is 178 g/mol. The Kier molecular flexibility index (Phi) is 1.63. The Balaban J connectivity index is 2.21. The van der Waals surface area contributed by atoms with E-state index in [1.165, 1.54) is 0 Å². The fourth-order valence-electron chi connectivity index (χ4n) is 1.29. The van der Waals surface area contributed by atoms with Gasteiger partial charge in [0.15, 0.2) is 0 Å². The smallest absolute Gasteiger partial charge is 0.0625 e. The van der Waals surface area contributed by atoms with Gasteiger partial charge in [-0.2, -0.15) is 0 Å². The lowest BCUT2D eigenvalue weighted by atomic mass is 9.73. The Hall–Kier alpha value is 0.440. The van der Waals surface area contributed by atoms with E-state index in [1.807, 2.05) is 6.92 Å². The van der Waals surface area contributed by atoms with Gasteiger partial charge in [-0.05, 0) is 25.7 Å². The van der Waals surface area contributed by atoms with Crippen LogP contribution < -0.4 is 0 Å². The maximum absolute atomic E-state index is 9.19. The van der Waals surface area contributed by atoms with Crippen molar-refractivity contribution < 1.29 is 5.11 Å². The third-order valence-corrected chi connectivity index (χ3v) is 2.59. The van der Waals surface area contributed by atoms with Gasteiger partial charge in [0.25, 0.3) is 0 Å². The van der Waals surface area contributed by atoms with Crippen molar-refractivity contribution >= 4 is 15.9 Å². The lowest BCUT2D eigenvalue weighted by Gasteiger charge is -2.39. The SMILES string of the molecule is CC1(O)CC(CBr)C1. The molecule has 0 radical (unpaired) electrons. The van der Waals surface area contributed by atoms with Gasteiger partial charge in [0.2, 0.25) is 0 Å². The summed E-state index contributed by atoms with van der Waals surface area (Å²) in [5.41, 5.74) is -0.335. The molecule has 0 heterocycles. The van der Waals surface area contributed by atoms with Crippen LogP contribution in [0.2, 0.25) is 0 Å². The maximum atomic E-state index is 9.19. The van der Waals surface area contributed by atoms with Gasteiger partial charge in [0.1, 0.15) is 0 Å². The van der Waals surface area contributed by atoms with Crippen molar-refractivity contribution in [3.05, 3.63) is 0 Å². The van der Waals surface area contributed by atoms with Crippen molar-refractivity contribution in [3.8, 4) is 0 Å². The normalized spacial score (nSPS) is 46.1. The van der Waals surface area contributed by atoms with E-state index in [-0.39, 0.29) is 5.60 Å². The molecule has 1 saturated carbocycles. The zero-order valence-electron chi connectivity index (χ0n) is 5.02. The minimum atomic E-state index is -0.335. The molecule has 1 fully saturated rings. The minimum Gasteiger partial charge on any atom is -0.390 e. The molecule has 0 aromatic rings. The summed E-state index contributed by atoms with van der Waals surface area (Å²) < 4.78 is 0. The van der Waals surface area contributed by atoms with Crippen LogP contribution in [0.4, 0.5) is 0 Å². The van der Waals surface area contributed by atoms with Crippen LogP contribution in [0.5, 0.6) is 0 Å². The quantitative estimate of drug-likeness (QED) is 0.605. The number of aliphatic hydroxyl groups is 1. The van der Waals surface area contributed by atoms with E-state index in [4.69, 9.17) is 0 Å². The van der Waals surface area contributed by atoms with E-state index >= 15 is 0 Å². The average Bonchev–Trinajstić information content (AvgIpc) is 1.60. The molecule has 2 heteroatoms. The predicted molar refractivity (Wildman–Crippen MR) is 37.1 cm³/mol. The highest BCUT2D eigenvalue weighted by molar-refractivity contribution is 9.09. The molecule has 1 N–H and O–H groups in total. The standard InChI is InChI=1S/C6H11BrO/c1-6(8)2-5(3-6)4-7/h5,8H,2-4H2,1H3. The van der Waals surface area contributed by atoms with E-state index in [1.54, 1.807) is 0 Å². The van der Waals surface area contributed by atoms with Crippen molar-refractivity contribution in [1.82, 2.24) is 0 Å². The average molecular weight is 179 g/mol. The first-order valence-electron chi connectivity index (χ1n) is 2.92. The Morgan fingerprint density at radius 1 is 1.75 bits per heavy atom. The van der Waals surface area contributed by atoms with Crippen LogP contribution in [0.25, 0.3) is 0 Å². The molecule has 0 aliphatic heterocycles. The number of hydrogen-bond donors (Lipinski definition) is 1.